The molecule has 3 rings (SSSR count). The van der Waals surface area contributed by atoms with Crippen molar-refractivity contribution < 1.29 is 23.9 Å². The van der Waals surface area contributed by atoms with Crippen molar-refractivity contribution in [2.45, 2.75) is 25.3 Å². The van der Waals surface area contributed by atoms with Crippen LogP contribution in [0, 0.1) is 5.92 Å². The third-order valence-electron chi connectivity index (χ3n) is 5.15. The zero-order valence-corrected chi connectivity index (χ0v) is 15.6. The predicted octanol–water partition coefficient (Wildman–Crippen LogP) is 1.40. The van der Waals surface area contributed by atoms with Crippen LogP contribution >= 0.6 is 0 Å². The maximum Gasteiger partial charge on any atom is 0.317 e. The number of rotatable bonds is 4. The molecular weight excluding hydrogens is 350 g/mol. The van der Waals surface area contributed by atoms with Crippen molar-refractivity contribution in [2.24, 2.45) is 5.92 Å². The highest BCUT2D eigenvalue weighted by Gasteiger charge is 2.34. The van der Waals surface area contributed by atoms with Crippen LogP contribution in [0.25, 0.3) is 0 Å². The minimum Gasteiger partial charge on any atom is -0.497 e. The Morgan fingerprint density at radius 2 is 1.78 bits per heavy atom. The van der Waals surface area contributed by atoms with E-state index in [2.05, 4.69) is 5.32 Å². The number of amides is 3. The van der Waals surface area contributed by atoms with Crippen molar-refractivity contribution in [3.05, 3.63) is 24.3 Å². The maximum atomic E-state index is 12.5. The Morgan fingerprint density at radius 1 is 1.11 bits per heavy atom. The molecule has 1 atom stereocenters. The molecule has 1 aromatic carbocycles. The summed E-state index contributed by atoms with van der Waals surface area (Å²) in [7, 11) is 2.97. The zero-order valence-electron chi connectivity index (χ0n) is 15.6. The number of ether oxygens (including phenoxy) is 2. The number of methoxy groups -OCH3 is 2. The van der Waals surface area contributed by atoms with Gasteiger partial charge in [-0.25, -0.2) is 4.79 Å². The molecule has 1 unspecified atom stereocenters. The molecule has 2 saturated heterocycles. The standard InChI is InChI=1S/C19H25N3O5/c1-26-16-5-3-15(4-6-16)22-12-14(11-17(22)23)20-19(25)21-9-7-13(8-10-21)18(24)27-2/h3-6,13-14H,7-12H2,1-2H3,(H,20,25). The first-order valence-corrected chi connectivity index (χ1v) is 9.09. The van der Waals surface area contributed by atoms with Crippen LogP contribution in [0.4, 0.5) is 10.5 Å². The molecule has 8 nitrogen and oxygen atoms in total. The van der Waals surface area contributed by atoms with Crippen LogP contribution in [0.1, 0.15) is 19.3 Å². The second-order valence-electron chi connectivity index (χ2n) is 6.84. The van der Waals surface area contributed by atoms with E-state index in [4.69, 9.17) is 9.47 Å². The number of carbonyl (C=O) groups is 3. The van der Waals surface area contributed by atoms with E-state index < -0.39 is 0 Å². The highest BCUT2D eigenvalue weighted by molar-refractivity contribution is 5.96. The largest absolute Gasteiger partial charge is 0.497 e. The monoisotopic (exact) mass is 375 g/mol. The van der Waals surface area contributed by atoms with Gasteiger partial charge in [-0.3, -0.25) is 9.59 Å². The zero-order chi connectivity index (χ0) is 19.4. The summed E-state index contributed by atoms with van der Waals surface area (Å²) in [6.45, 7) is 1.46. The summed E-state index contributed by atoms with van der Waals surface area (Å²) in [5.41, 5.74) is 0.788. The first-order valence-electron chi connectivity index (χ1n) is 9.09. The molecule has 0 bridgehead atoms. The first-order chi connectivity index (χ1) is 13.0. The van der Waals surface area contributed by atoms with Crippen LogP contribution in [-0.2, 0) is 14.3 Å². The van der Waals surface area contributed by atoms with Crippen LogP contribution in [0.2, 0.25) is 0 Å². The summed E-state index contributed by atoms with van der Waals surface area (Å²) in [6, 6.07) is 6.86. The van der Waals surface area contributed by atoms with Gasteiger partial charge in [0, 0.05) is 31.7 Å². The second-order valence-corrected chi connectivity index (χ2v) is 6.84. The van der Waals surface area contributed by atoms with Gasteiger partial charge in [0.2, 0.25) is 5.91 Å². The SMILES string of the molecule is COC(=O)C1CCN(C(=O)NC2CC(=O)N(c3ccc(OC)cc3)C2)CC1. The molecule has 0 aromatic heterocycles. The topological polar surface area (TPSA) is 88.2 Å². The average molecular weight is 375 g/mol. The van der Waals surface area contributed by atoms with E-state index in [0.717, 1.165) is 11.4 Å². The van der Waals surface area contributed by atoms with E-state index in [1.807, 2.05) is 12.1 Å². The number of benzene rings is 1. The lowest BCUT2D eigenvalue weighted by Crippen LogP contribution is -2.49. The molecule has 0 saturated carbocycles. The van der Waals surface area contributed by atoms with E-state index in [1.165, 1.54) is 7.11 Å². The minimum atomic E-state index is -0.231. The summed E-state index contributed by atoms with van der Waals surface area (Å²) >= 11 is 0. The predicted molar refractivity (Wildman–Crippen MR) is 98.6 cm³/mol. The molecule has 2 heterocycles. The molecule has 0 radical (unpaired) electrons. The van der Waals surface area contributed by atoms with E-state index in [0.29, 0.717) is 32.5 Å². The molecule has 0 aliphatic carbocycles. The summed E-state index contributed by atoms with van der Waals surface area (Å²) in [5, 5.41) is 2.94. The number of likely N-dealkylation sites (tertiary alicyclic amines) is 1. The Labute approximate surface area is 158 Å². The fraction of sp³-hybridized carbons (Fsp3) is 0.526. The number of carbonyl (C=O) groups excluding carboxylic acids is 3. The van der Waals surface area contributed by atoms with Gasteiger partial charge in [-0.1, -0.05) is 0 Å². The minimum absolute atomic E-state index is 0.0186. The van der Waals surface area contributed by atoms with E-state index in [9.17, 15) is 14.4 Å². The Kier molecular flexibility index (Phi) is 5.83. The second kappa shape index (κ2) is 8.28. The third kappa shape index (κ3) is 4.32. The van der Waals surface area contributed by atoms with Gasteiger partial charge in [-0.05, 0) is 37.1 Å². The van der Waals surface area contributed by atoms with Gasteiger partial charge in [0.1, 0.15) is 5.75 Å². The van der Waals surface area contributed by atoms with Crippen molar-refractivity contribution in [1.82, 2.24) is 10.2 Å². The van der Waals surface area contributed by atoms with Crippen molar-refractivity contribution in [1.29, 1.82) is 0 Å². The summed E-state index contributed by atoms with van der Waals surface area (Å²) < 4.78 is 9.90. The van der Waals surface area contributed by atoms with Crippen LogP contribution < -0.4 is 15.0 Å². The smallest absolute Gasteiger partial charge is 0.317 e. The van der Waals surface area contributed by atoms with E-state index in [-0.39, 0.29) is 36.3 Å². The highest BCUT2D eigenvalue weighted by Crippen LogP contribution is 2.24. The number of anilines is 1. The molecule has 2 aliphatic rings. The molecule has 3 amide bonds. The molecule has 8 heteroatoms. The molecule has 0 spiro atoms. The number of urea groups is 1. The summed E-state index contributed by atoms with van der Waals surface area (Å²) in [6.07, 6.45) is 1.47. The van der Waals surface area contributed by atoms with E-state index >= 15 is 0 Å². The van der Waals surface area contributed by atoms with Crippen molar-refractivity contribution in [3.63, 3.8) is 0 Å². The number of esters is 1. The van der Waals surface area contributed by atoms with Crippen LogP contribution in [-0.4, -0.2) is 62.7 Å². The number of piperidine rings is 1. The fourth-order valence-electron chi connectivity index (χ4n) is 3.57. The van der Waals surface area contributed by atoms with Crippen molar-refractivity contribution >= 4 is 23.6 Å². The Balaban J connectivity index is 1.52. The van der Waals surface area contributed by atoms with Crippen molar-refractivity contribution in [2.75, 3.05) is 38.8 Å². The molecule has 1 N–H and O–H groups in total. The summed E-state index contributed by atoms with van der Waals surface area (Å²) in [4.78, 5) is 39.8. The van der Waals surface area contributed by atoms with Gasteiger partial charge < -0.3 is 24.6 Å². The first kappa shape index (κ1) is 19.0. The molecule has 2 aliphatic heterocycles. The molecule has 1 aromatic rings. The van der Waals surface area contributed by atoms with Gasteiger partial charge in [-0.2, -0.15) is 0 Å². The quantitative estimate of drug-likeness (QED) is 0.804. The number of hydrogen-bond donors (Lipinski definition) is 1. The number of hydrogen-bond acceptors (Lipinski definition) is 5. The van der Waals surface area contributed by atoms with E-state index in [1.54, 1.807) is 29.0 Å². The Morgan fingerprint density at radius 3 is 2.37 bits per heavy atom. The van der Waals surface area contributed by atoms with Gasteiger partial charge >= 0.3 is 12.0 Å². The molecular formula is C19H25N3O5. The Hall–Kier alpha value is -2.77. The van der Waals surface area contributed by atoms with Crippen LogP contribution in [0.15, 0.2) is 24.3 Å². The molecule has 27 heavy (non-hydrogen) atoms. The molecule has 146 valence electrons. The Bertz CT molecular complexity index is 698. The maximum absolute atomic E-state index is 12.5. The highest BCUT2D eigenvalue weighted by atomic mass is 16.5. The number of nitrogens with one attached hydrogen (secondary N) is 1. The lowest BCUT2D eigenvalue weighted by atomic mass is 9.97. The normalized spacial score (nSPS) is 20.5. The average Bonchev–Trinajstić information content (AvgIpc) is 3.07. The van der Waals surface area contributed by atoms with Crippen LogP contribution in [0.5, 0.6) is 5.75 Å². The third-order valence-corrected chi connectivity index (χ3v) is 5.15. The van der Waals surface area contributed by atoms with Crippen molar-refractivity contribution in [3.8, 4) is 5.75 Å². The lowest BCUT2D eigenvalue weighted by molar-refractivity contribution is -0.146. The van der Waals surface area contributed by atoms with Gasteiger partial charge in [-0.15, -0.1) is 0 Å². The lowest BCUT2D eigenvalue weighted by Gasteiger charge is -2.31. The van der Waals surface area contributed by atoms with Gasteiger partial charge in [0.05, 0.1) is 26.2 Å². The van der Waals surface area contributed by atoms with Gasteiger partial charge in [0.15, 0.2) is 0 Å². The fourth-order valence-corrected chi connectivity index (χ4v) is 3.57. The number of nitrogens with zero attached hydrogens (tertiary/aromatic N) is 2. The molecule has 2 fully saturated rings. The van der Waals surface area contributed by atoms with Gasteiger partial charge in [0.25, 0.3) is 0 Å². The van der Waals surface area contributed by atoms with Crippen LogP contribution in [0.3, 0.4) is 0 Å². The summed E-state index contributed by atoms with van der Waals surface area (Å²) in [5.74, 6) is 0.352.